The Morgan fingerprint density at radius 2 is 2.15 bits per heavy atom. The third kappa shape index (κ3) is 1.85. The molecule has 0 aliphatic heterocycles. The molecule has 74 valence electrons. The Balaban J connectivity index is 1.90. The minimum atomic E-state index is 0.158. The Kier molecular flexibility index (Phi) is 2.28. The standard InChI is InChI=1S/C10H18N2O/c1-2-5-12(7-3-4-7)10(13)8-6-9(8)11/h7-9H,2-6,11H2,1H3. The molecule has 0 heterocycles. The monoisotopic (exact) mass is 182 g/mol. The Hall–Kier alpha value is -0.570. The van der Waals surface area contributed by atoms with Crippen LogP contribution < -0.4 is 5.73 Å². The lowest BCUT2D eigenvalue weighted by Gasteiger charge is -2.21. The van der Waals surface area contributed by atoms with Crippen LogP contribution in [0.1, 0.15) is 32.6 Å². The number of carbonyl (C=O) groups is 1. The zero-order valence-corrected chi connectivity index (χ0v) is 8.20. The van der Waals surface area contributed by atoms with Gasteiger partial charge in [0.05, 0.1) is 5.92 Å². The molecule has 3 nitrogen and oxygen atoms in total. The van der Waals surface area contributed by atoms with Crippen LogP contribution in [0.25, 0.3) is 0 Å². The first-order valence-corrected chi connectivity index (χ1v) is 5.30. The van der Waals surface area contributed by atoms with Gasteiger partial charge in [0.2, 0.25) is 5.91 Å². The SMILES string of the molecule is CCCN(C(=O)C1CC1N)C1CC1. The highest BCUT2D eigenvalue weighted by Crippen LogP contribution is 2.35. The van der Waals surface area contributed by atoms with E-state index in [1.807, 2.05) is 0 Å². The zero-order chi connectivity index (χ0) is 9.42. The second-order valence-electron chi connectivity index (χ2n) is 4.27. The van der Waals surface area contributed by atoms with Crippen LogP contribution in [0.15, 0.2) is 0 Å². The number of nitrogens with two attached hydrogens (primary N) is 1. The molecular weight excluding hydrogens is 164 g/mol. The summed E-state index contributed by atoms with van der Waals surface area (Å²) in [5.74, 6) is 0.476. The molecule has 0 spiro atoms. The number of hydrogen-bond acceptors (Lipinski definition) is 2. The van der Waals surface area contributed by atoms with Crippen molar-refractivity contribution in [2.24, 2.45) is 11.7 Å². The molecule has 0 aromatic rings. The molecule has 0 aromatic heterocycles. The van der Waals surface area contributed by atoms with Gasteiger partial charge >= 0.3 is 0 Å². The highest BCUT2D eigenvalue weighted by atomic mass is 16.2. The van der Waals surface area contributed by atoms with Gasteiger partial charge in [0.25, 0.3) is 0 Å². The summed E-state index contributed by atoms with van der Waals surface area (Å²) >= 11 is 0. The predicted molar refractivity (Wildman–Crippen MR) is 51.1 cm³/mol. The van der Waals surface area contributed by atoms with Crippen LogP contribution in [0.5, 0.6) is 0 Å². The topological polar surface area (TPSA) is 46.3 Å². The molecular formula is C10H18N2O. The van der Waals surface area contributed by atoms with Gasteiger partial charge in [-0.3, -0.25) is 4.79 Å². The van der Waals surface area contributed by atoms with Crippen LogP contribution in [-0.4, -0.2) is 29.4 Å². The van der Waals surface area contributed by atoms with Crippen LogP contribution in [0, 0.1) is 5.92 Å². The minimum absolute atomic E-state index is 0.158. The minimum Gasteiger partial charge on any atom is -0.339 e. The van der Waals surface area contributed by atoms with Gasteiger partial charge in [-0.25, -0.2) is 0 Å². The van der Waals surface area contributed by atoms with E-state index in [9.17, 15) is 4.79 Å². The maximum absolute atomic E-state index is 11.8. The number of carbonyl (C=O) groups excluding carboxylic acids is 1. The molecule has 3 heteroatoms. The third-order valence-electron chi connectivity index (χ3n) is 2.89. The normalized spacial score (nSPS) is 31.5. The maximum Gasteiger partial charge on any atom is 0.227 e. The first-order valence-electron chi connectivity index (χ1n) is 5.30. The van der Waals surface area contributed by atoms with Gasteiger partial charge in [0.15, 0.2) is 0 Å². The lowest BCUT2D eigenvalue weighted by Crippen LogP contribution is -2.36. The molecule has 2 aliphatic carbocycles. The molecule has 0 aromatic carbocycles. The van der Waals surface area contributed by atoms with Crippen LogP contribution >= 0.6 is 0 Å². The molecule has 2 unspecified atom stereocenters. The summed E-state index contributed by atoms with van der Waals surface area (Å²) in [5.41, 5.74) is 5.67. The number of nitrogens with zero attached hydrogens (tertiary/aromatic N) is 1. The van der Waals surface area contributed by atoms with Gasteiger partial charge < -0.3 is 10.6 Å². The largest absolute Gasteiger partial charge is 0.339 e. The van der Waals surface area contributed by atoms with Gasteiger partial charge in [-0.1, -0.05) is 6.92 Å². The number of hydrogen-bond donors (Lipinski definition) is 1. The van der Waals surface area contributed by atoms with E-state index in [0.29, 0.717) is 11.9 Å². The average Bonchev–Trinajstić information content (AvgIpc) is 2.93. The van der Waals surface area contributed by atoms with E-state index in [-0.39, 0.29) is 12.0 Å². The second kappa shape index (κ2) is 3.29. The van der Waals surface area contributed by atoms with E-state index in [4.69, 9.17) is 5.73 Å². The molecule has 0 bridgehead atoms. The molecule has 0 radical (unpaired) electrons. The fraction of sp³-hybridized carbons (Fsp3) is 0.900. The first kappa shape index (κ1) is 9.00. The van der Waals surface area contributed by atoms with E-state index < -0.39 is 0 Å². The molecule has 2 rings (SSSR count). The highest BCUT2D eigenvalue weighted by molar-refractivity contribution is 5.83. The van der Waals surface area contributed by atoms with Crippen molar-refractivity contribution in [1.82, 2.24) is 4.90 Å². The molecule has 2 N–H and O–H groups in total. The van der Waals surface area contributed by atoms with E-state index in [0.717, 1.165) is 19.4 Å². The molecule has 13 heavy (non-hydrogen) atoms. The molecule has 2 saturated carbocycles. The molecule has 0 saturated heterocycles. The second-order valence-corrected chi connectivity index (χ2v) is 4.27. The van der Waals surface area contributed by atoms with Crippen LogP contribution in [0.3, 0.4) is 0 Å². The van der Waals surface area contributed by atoms with Crippen LogP contribution in [0.4, 0.5) is 0 Å². The summed E-state index contributed by atoms with van der Waals surface area (Å²) in [7, 11) is 0. The van der Waals surface area contributed by atoms with E-state index >= 15 is 0 Å². The first-order chi connectivity index (χ1) is 6.24. The van der Waals surface area contributed by atoms with Crippen molar-refractivity contribution >= 4 is 5.91 Å². The lowest BCUT2D eigenvalue weighted by atomic mass is 10.3. The Labute approximate surface area is 79.3 Å². The van der Waals surface area contributed by atoms with Gasteiger partial charge in [-0.05, 0) is 25.7 Å². The predicted octanol–water partition coefficient (Wildman–Crippen LogP) is 0.735. The van der Waals surface area contributed by atoms with Gasteiger partial charge in [-0.15, -0.1) is 0 Å². The van der Waals surface area contributed by atoms with Crippen molar-refractivity contribution < 1.29 is 4.79 Å². The van der Waals surface area contributed by atoms with Crippen molar-refractivity contribution in [2.75, 3.05) is 6.54 Å². The summed E-state index contributed by atoms with van der Waals surface area (Å²) < 4.78 is 0. The van der Waals surface area contributed by atoms with Crippen molar-refractivity contribution in [3.63, 3.8) is 0 Å². The smallest absolute Gasteiger partial charge is 0.227 e. The van der Waals surface area contributed by atoms with Crippen LogP contribution in [-0.2, 0) is 4.79 Å². The Morgan fingerprint density at radius 1 is 1.54 bits per heavy atom. The molecule has 1 amide bonds. The fourth-order valence-corrected chi connectivity index (χ4v) is 1.81. The summed E-state index contributed by atoms with van der Waals surface area (Å²) in [5, 5.41) is 0. The third-order valence-corrected chi connectivity index (χ3v) is 2.89. The Morgan fingerprint density at radius 3 is 2.54 bits per heavy atom. The fourth-order valence-electron chi connectivity index (χ4n) is 1.81. The summed E-state index contributed by atoms with van der Waals surface area (Å²) in [6.07, 6.45) is 4.37. The summed E-state index contributed by atoms with van der Waals surface area (Å²) in [6, 6.07) is 0.714. The number of rotatable bonds is 4. The van der Waals surface area contributed by atoms with E-state index in [1.54, 1.807) is 0 Å². The zero-order valence-electron chi connectivity index (χ0n) is 8.20. The van der Waals surface area contributed by atoms with Gasteiger partial charge in [0, 0.05) is 18.6 Å². The molecule has 2 fully saturated rings. The van der Waals surface area contributed by atoms with Gasteiger partial charge in [0.1, 0.15) is 0 Å². The van der Waals surface area contributed by atoms with Crippen molar-refractivity contribution in [3.05, 3.63) is 0 Å². The van der Waals surface area contributed by atoms with Gasteiger partial charge in [-0.2, -0.15) is 0 Å². The summed E-state index contributed by atoms with van der Waals surface area (Å²) in [4.78, 5) is 13.9. The molecule has 2 atom stereocenters. The average molecular weight is 182 g/mol. The van der Waals surface area contributed by atoms with Crippen molar-refractivity contribution in [3.8, 4) is 0 Å². The maximum atomic E-state index is 11.8. The van der Waals surface area contributed by atoms with Crippen molar-refractivity contribution in [2.45, 2.75) is 44.7 Å². The quantitative estimate of drug-likeness (QED) is 0.697. The number of amides is 1. The van der Waals surface area contributed by atoms with E-state index in [2.05, 4.69) is 11.8 Å². The summed E-state index contributed by atoms with van der Waals surface area (Å²) in [6.45, 7) is 3.04. The molecule has 2 aliphatic rings. The highest BCUT2D eigenvalue weighted by Gasteiger charge is 2.45. The Bertz CT molecular complexity index is 213. The van der Waals surface area contributed by atoms with Crippen LogP contribution in [0.2, 0.25) is 0 Å². The van der Waals surface area contributed by atoms with Crippen molar-refractivity contribution in [1.29, 1.82) is 0 Å². The lowest BCUT2D eigenvalue weighted by molar-refractivity contribution is -0.133. The van der Waals surface area contributed by atoms with E-state index in [1.165, 1.54) is 12.8 Å².